The molecule has 0 aliphatic carbocycles. The van der Waals surface area contributed by atoms with Gasteiger partial charge in [0.15, 0.2) is 5.69 Å². The average Bonchev–Trinajstić information content (AvgIpc) is 2.53. The summed E-state index contributed by atoms with van der Waals surface area (Å²) in [5.41, 5.74) is 1.62. The van der Waals surface area contributed by atoms with Crippen LogP contribution in [0.15, 0.2) is 42.5 Å². The molecule has 1 unspecified atom stereocenters. The third kappa shape index (κ3) is 4.02. The Morgan fingerprint density at radius 3 is 2.43 bits per heavy atom. The second-order valence-corrected chi connectivity index (χ2v) is 5.20. The number of carbonyl (C=O) groups excluding carboxylic acids is 1. The van der Waals surface area contributed by atoms with Crippen LogP contribution in [0.4, 0.5) is 5.82 Å². The minimum Gasteiger partial charge on any atom is -0.368 e. The molecule has 1 N–H and O–H groups in total. The molecule has 0 saturated carbocycles. The van der Waals surface area contributed by atoms with Crippen LogP contribution in [0.1, 0.15) is 28.9 Å². The number of aromatic nitrogens is 2. The molecule has 5 heteroatoms. The van der Waals surface area contributed by atoms with E-state index >= 15 is 0 Å². The molecule has 0 aliphatic heterocycles. The zero-order valence-electron chi connectivity index (χ0n) is 12.6. The summed E-state index contributed by atoms with van der Waals surface area (Å²) in [4.78, 5) is 13.2. The minimum absolute atomic E-state index is 0.147. The van der Waals surface area contributed by atoms with Gasteiger partial charge in [-0.05, 0) is 23.6 Å². The number of anilines is 1. The Balaban J connectivity index is 1.94. The van der Waals surface area contributed by atoms with Crippen molar-refractivity contribution in [3.63, 3.8) is 0 Å². The van der Waals surface area contributed by atoms with Crippen LogP contribution in [-0.4, -0.2) is 41.6 Å². The molecule has 0 aliphatic rings. The quantitative estimate of drug-likeness (QED) is 0.916. The Bertz CT molecular complexity index is 581. The number of nitrogens with zero attached hydrogens (tertiary/aromatic N) is 3. The van der Waals surface area contributed by atoms with E-state index < -0.39 is 0 Å². The van der Waals surface area contributed by atoms with Gasteiger partial charge in [-0.3, -0.25) is 4.79 Å². The molecule has 1 aromatic carbocycles. The Morgan fingerprint density at radius 2 is 1.86 bits per heavy atom. The Labute approximate surface area is 125 Å². The van der Waals surface area contributed by atoms with E-state index in [1.54, 1.807) is 26.2 Å². The second kappa shape index (κ2) is 6.83. The smallest absolute Gasteiger partial charge is 0.273 e. The molecule has 21 heavy (non-hydrogen) atoms. The van der Waals surface area contributed by atoms with Gasteiger partial charge in [0.1, 0.15) is 5.82 Å². The zero-order valence-corrected chi connectivity index (χ0v) is 12.6. The normalized spacial score (nSPS) is 11.8. The number of hydrogen-bond donors (Lipinski definition) is 1. The molecule has 0 fully saturated rings. The molecule has 0 saturated heterocycles. The first kappa shape index (κ1) is 15.0. The van der Waals surface area contributed by atoms with E-state index in [1.165, 1.54) is 10.5 Å². The SMILES string of the molecule is CC(CNc1ccc(C(=O)N(C)C)nn1)c1ccccc1. The van der Waals surface area contributed by atoms with E-state index in [0.717, 1.165) is 6.54 Å². The maximum absolute atomic E-state index is 11.7. The molecule has 0 spiro atoms. The van der Waals surface area contributed by atoms with E-state index in [9.17, 15) is 4.79 Å². The number of rotatable bonds is 5. The fourth-order valence-electron chi connectivity index (χ4n) is 1.93. The van der Waals surface area contributed by atoms with Gasteiger partial charge in [-0.1, -0.05) is 37.3 Å². The molecule has 1 atom stereocenters. The maximum atomic E-state index is 11.7. The summed E-state index contributed by atoms with van der Waals surface area (Å²) < 4.78 is 0. The van der Waals surface area contributed by atoms with Gasteiger partial charge in [-0.25, -0.2) is 0 Å². The van der Waals surface area contributed by atoms with Crippen molar-refractivity contribution < 1.29 is 4.79 Å². The largest absolute Gasteiger partial charge is 0.368 e. The van der Waals surface area contributed by atoms with Crippen LogP contribution < -0.4 is 5.32 Å². The van der Waals surface area contributed by atoms with Gasteiger partial charge in [-0.15, -0.1) is 10.2 Å². The molecule has 0 radical (unpaired) electrons. The lowest BCUT2D eigenvalue weighted by atomic mass is 10.0. The summed E-state index contributed by atoms with van der Waals surface area (Å²) in [5.74, 6) is 0.899. The van der Waals surface area contributed by atoms with Crippen LogP contribution in [0, 0.1) is 0 Å². The summed E-state index contributed by atoms with van der Waals surface area (Å²) in [5, 5.41) is 11.2. The van der Waals surface area contributed by atoms with E-state index in [1.807, 2.05) is 18.2 Å². The molecule has 1 heterocycles. The van der Waals surface area contributed by atoms with Crippen LogP contribution >= 0.6 is 0 Å². The topological polar surface area (TPSA) is 58.1 Å². The first-order valence-electron chi connectivity index (χ1n) is 6.92. The van der Waals surface area contributed by atoms with Crippen molar-refractivity contribution >= 4 is 11.7 Å². The summed E-state index contributed by atoms with van der Waals surface area (Å²) in [7, 11) is 3.38. The highest BCUT2D eigenvalue weighted by atomic mass is 16.2. The van der Waals surface area contributed by atoms with Gasteiger partial charge in [0.25, 0.3) is 5.91 Å². The third-order valence-corrected chi connectivity index (χ3v) is 3.25. The average molecular weight is 284 g/mol. The second-order valence-electron chi connectivity index (χ2n) is 5.20. The van der Waals surface area contributed by atoms with Crippen LogP contribution in [0.25, 0.3) is 0 Å². The monoisotopic (exact) mass is 284 g/mol. The lowest BCUT2D eigenvalue weighted by Gasteiger charge is -2.13. The zero-order chi connectivity index (χ0) is 15.2. The summed E-state index contributed by atoms with van der Waals surface area (Å²) >= 11 is 0. The fraction of sp³-hybridized carbons (Fsp3) is 0.312. The molecule has 1 aromatic heterocycles. The Kier molecular flexibility index (Phi) is 4.87. The molecular formula is C16H20N4O. The van der Waals surface area contributed by atoms with Crippen molar-refractivity contribution in [3.05, 3.63) is 53.7 Å². The molecular weight excluding hydrogens is 264 g/mol. The van der Waals surface area contributed by atoms with Gasteiger partial charge < -0.3 is 10.2 Å². The number of carbonyl (C=O) groups is 1. The number of hydrogen-bond acceptors (Lipinski definition) is 4. The highest BCUT2D eigenvalue weighted by Crippen LogP contribution is 2.15. The molecule has 2 rings (SSSR count). The number of nitrogens with one attached hydrogen (secondary N) is 1. The summed E-state index contributed by atoms with van der Waals surface area (Å²) in [6.07, 6.45) is 0. The van der Waals surface area contributed by atoms with Crippen molar-refractivity contribution in [2.75, 3.05) is 26.0 Å². The Morgan fingerprint density at radius 1 is 1.14 bits per heavy atom. The molecule has 5 nitrogen and oxygen atoms in total. The summed E-state index contributed by atoms with van der Waals surface area (Å²) in [6.45, 7) is 2.92. The van der Waals surface area contributed by atoms with Crippen LogP contribution in [0.2, 0.25) is 0 Å². The lowest BCUT2D eigenvalue weighted by Crippen LogP contribution is -2.23. The van der Waals surface area contributed by atoms with Gasteiger partial charge in [0.2, 0.25) is 0 Å². The minimum atomic E-state index is -0.147. The standard InChI is InChI=1S/C16H20N4O/c1-12(13-7-5-4-6-8-13)11-17-15-10-9-14(18-19-15)16(21)20(2)3/h4-10,12H,11H2,1-3H3,(H,17,19). The molecule has 1 amide bonds. The fourth-order valence-corrected chi connectivity index (χ4v) is 1.93. The first-order chi connectivity index (χ1) is 10.1. The van der Waals surface area contributed by atoms with E-state index in [-0.39, 0.29) is 5.91 Å². The molecule has 0 bridgehead atoms. The number of benzene rings is 1. The highest BCUT2D eigenvalue weighted by molar-refractivity contribution is 5.91. The predicted octanol–water partition coefficient (Wildman–Crippen LogP) is 2.39. The van der Waals surface area contributed by atoms with E-state index in [0.29, 0.717) is 17.4 Å². The number of amides is 1. The summed E-state index contributed by atoms with van der Waals surface area (Å²) in [6, 6.07) is 13.8. The molecule has 2 aromatic rings. The van der Waals surface area contributed by atoms with Crippen LogP contribution in [0.3, 0.4) is 0 Å². The molecule has 110 valence electrons. The first-order valence-corrected chi connectivity index (χ1v) is 6.92. The predicted molar refractivity (Wildman–Crippen MR) is 83.4 cm³/mol. The van der Waals surface area contributed by atoms with Crippen molar-refractivity contribution in [2.45, 2.75) is 12.8 Å². The van der Waals surface area contributed by atoms with Gasteiger partial charge >= 0.3 is 0 Å². The maximum Gasteiger partial charge on any atom is 0.273 e. The van der Waals surface area contributed by atoms with Crippen molar-refractivity contribution in [1.82, 2.24) is 15.1 Å². The van der Waals surface area contributed by atoms with Crippen molar-refractivity contribution in [3.8, 4) is 0 Å². The van der Waals surface area contributed by atoms with E-state index in [2.05, 4.69) is 34.6 Å². The van der Waals surface area contributed by atoms with Crippen molar-refractivity contribution in [1.29, 1.82) is 0 Å². The van der Waals surface area contributed by atoms with Gasteiger partial charge in [0.05, 0.1) is 0 Å². The highest BCUT2D eigenvalue weighted by Gasteiger charge is 2.10. The van der Waals surface area contributed by atoms with Crippen LogP contribution in [-0.2, 0) is 0 Å². The van der Waals surface area contributed by atoms with E-state index in [4.69, 9.17) is 0 Å². The third-order valence-electron chi connectivity index (χ3n) is 3.25. The van der Waals surface area contributed by atoms with Crippen LogP contribution in [0.5, 0.6) is 0 Å². The van der Waals surface area contributed by atoms with Gasteiger partial charge in [-0.2, -0.15) is 0 Å². The lowest BCUT2D eigenvalue weighted by molar-refractivity contribution is 0.0821. The van der Waals surface area contributed by atoms with Gasteiger partial charge in [0, 0.05) is 20.6 Å². The Hall–Kier alpha value is -2.43. The van der Waals surface area contributed by atoms with Crippen molar-refractivity contribution in [2.24, 2.45) is 0 Å².